The summed E-state index contributed by atoms with van der Waals surface area (Å²) in [7, 11) is 1.62. The lowest BCUT2D eigenvalue weighted by atomic mass is 9.65. The van der Waals surface area contributed by atoms with E-state index in [1.165, 1.54) is 18.4 Å². The molecule has 0 radical (unpaired) electrons. The highest BCUT2D eigenvalue weighted by molar-refractivity contribution is 5.43. The van der Waals surface area contributed by atoms with Crippen LogP contribution in [0, 0.1) is 23.2 Å². The average Bonchev–Trinajstić information content (AvgIpc) is 2.90. The van der Waals surface area contributed by atoms with Crippen LogP contribution in [0.2, 0.25) is 0 Å². The summed E-state index contributed by atoms with van der Waals surface area (Å²) in [6.45, 7) is 7.26. The van der Waals surface area contributed by atoms with Gasteiger partial charge in [0.1, 0.15) is 0 Å². The molecule has 104 valence electrons. The van der Waals surface area contributed by atoms with E-state index >= 15 is 0 Å². The van der Waals surface area contributed by atoms with Crippen molar-refractivity contribution in [1.29, 1.82) is 0 Å². The van der Waals surface area contributed by atoms with Crippen LogP contribution in [0.4, 0.5) is 0 Å². The molecule has 0 aliphatic heterocycles. The third-order valence-electron chi connectivity index (χ3n) is 6.11. The van der Waals surface area contributed by atoms with Gasteiger partial charge in [0.05, 0.1) is 7.11 Å². The zero-order valence-corrected chi connectivity index (χ0v) is 12.3. The number of aromatic hydroxyl groups is 1. The Labute approximate surface area is 115 Å². The summed E-state index contributed by atoms with van der Waals surface area (Å²) < 4.78 is 5.24. The molecule has 1 aromatic carbocycles. The fraction of sp³-hybridized carbons (Fsp3) is 0.647. The van der Waals surface area contributed by atoms with Gasteiger partial charge in [-0.15, -0.1) is 0 Å². The Morgan fingerprint density at radius 2 is 2.00 bits per heavy atom. The molecule has 19 heavy (non-hydrogen) atoms. The van der Waals surface area contributed by atoms with E-state index in [0.29, 0.717) is 17.1 Å². The van der Waals surface area contributed by atoms with Crippen molar-refractivity contribution in [2.24, 2.45) is 23.2 Å². The molecule has 2 aliphatic rings. The highest BCUT2D eigenvalue weighted by Crippen LogP contribution is 2.64. The van der Waals surface area contributed by atoms with E-state index in [2.05, 4.69) is 26.8 Å². The van der Waals surface area contributed by atoms with Crippen molar-refractivity contribution >= 4 is 0 Å². The van der Waals surface area contributed by atoms with Gasteiger partial charge in [-0.3, -0.25) is 0 Å². The van der Waals surface area contributed by atoms with E-state index in [-0.39, 0.29) is 5.75 Å². The van der Waals surface area contributed by atoms with Crippen LogP contribution in [0.3, 0.4) is 0 Å². The van der Waals surface area contributed by atoms with Crippen molar-refractivity contribution in [3.63, 3.8) is 0 Å². The zero-order chi connectivity index (χ0) is 13.8. The molecule has 2 aliphatic carbocycles. The van der Waals surface area contributed by atoms with Crippen LogP contribution in [0.5, 0.6) is 11.5 Å². The predicted molar refractivity (Wildman–Crippen MR) is 76.6 cm³/mol. The van der Waals surface area contributed by atoms with Gasteiger partial charge in [-0.2, -0.15) is 0 Å². The lowest BCUT2D eigenvalue weighted by molar-refractivity contribution is 0.122. The maximum absolute atomic E-state index is 9.72. The molecule has 0 saturated heterocycles. The molecule has 2 bridgehead atoms. The van der Waals surface area contributed by atoms with Crippen LogP contribution < -0.4 is 4.74 Å². The van der Waals surface area contributed by atoms with E-state index in [1.807, 2.05) is 6.07 Å². The number of fused-ring (bicyclic) bond motifs is 2. The molecule has 0 amide bonds. The lowest BCUT2D eigenvalue weighted by Crippen LogP contribution is -2.32. The largest absolute Gasteiger partial charge is 0.504 e. The van der Waals surface area contributed by atoms with Gasteiger partial charge in [-0.25, -0.2) is 0 Å². The topological polar surface area (TPSA) is 29.5 Å². The number of phenolic OH excluding ortho intramolecular Hbond substituents is 1. The fourth-order valence-corrected chi connectivity index (χ4v) is 4.46. The first-order chi connectivity index (χ1) is 8.95. The Morgan fingerprint density at radius 1 is 1.26 bits per heavy atom. The van der Waals surface area contributed by atoms with Crippen LogP contribution in [-0.4, -0.2) is 12.2 Å². The summed E-state index contributed by atoms with van der Waals surface area (Å²) >= 11 is 0. The number of benzene rings is 1. The third kappa shape index (κ3) is 1.76. The molecule has 2 nitrogen and oxygen atoms in total. The molecule has 0 unspecified atom stereocenters. The Morgan fingerprint density at radius 3 is 2.58 bits per heavy atom. The van der Waals surface area contributed by atoms with Crippen molar-refractivity contribution < 1.29 is 9.84 Å². The summed E-state index contributed by atoms with van der Waals surface area (Å²) in [5.41, 5.74) is 1.83. The van der Waals surface area contributed by atoms with E-state index in [4.69, 9.17) is 4.74 Å². The summed E-state index contributed by atoms with van der Waals surface area (Å²) in [5.74, 6) is 3.89. The fourth-order valence-electron chi connectivity index (χ4n) is 4.46. The van der Waals surface area contributed by atoms with Crippen LogP contribution in [0.1, 0.15) is 45.1 Å². The molecular weight excluding hydrogens is 236 g/mol. The smallest absolute Gasteiger partial charge is 0.160 e. The van der Waals surface area contributed by atoms with Crippen molar-refractivity contribution in [3.05, 3.63) is 23.8 Å². The first kappa shape index (κ1) is 12.8. The lowest BCUT2D eigenvalue weighted by Gasteiger charge is -2.40. The van der Waals surface area contributed by atoms with E-state index in [1.54, 1.807) is 13.2 Å². The molecule has 0 spiro atoms. The molecular formula is C17H24O2. The molecule has 3 rings (SSSR count). The Balaban J connectivity index is 1.90. The van der Waals surface area contributed by atoms with Crippen LogP contribution in [0.25, 0.3) is 0 Å². The third-order valence-corrected chi connectivity index (χ3v) is 6.11. The highest BCUT2D eigenvalue weighted by Gasteiger charge is 2.55. The second-order valence-corrected chi connectivity index (χ2v) is 6.98. The van der Waals surface area contributed by atoms with Gasteiger partial charge in [0, 0.05) is 0 Å². The SMILES string of the molecule is COc1cc([C@@H]2C[C@H]3C[C@H]2[C@H](C)C3(C)C)ccc1O. The van der Waals surface area contributed by atoms with Gasteiger partial charge < -0.3 is 9.84 Å². The number of rotatable bonds is 2. The summed E-state index contributed by atoms with van der Waals surface area (Å²) in [6, 6.07) is 5.87. The monoisotopic (exact) mass is 260 g/mol. The van der Waals surface area contributed by atoms with Crippen LogP contribution in [-0.2, 0) is 0 Å². The molecule has 1 N–H and O–H groups in total. The minimum absolute atomic E-state index is 0.239. The van der Waals surface area contributed by atoms with Gasteiger partial charge in [-0.1, -0.05) is 26.8 Å². The molecule has 1 aromatic rings. The van der Waals surface area contributed by atoms with Gasteiger partial charge in [0.25, 0.3) is 0 Å². The number of methoxy groups -OCH3 is 1. The second-order valence-electron chi connectivity index (χ2n) is 6.98. The Hall–Kier alpha value is -1.18. The standard InChI is InChI=1S/C17H24O2/c1-10-13-8-12(17(10,2)3)9-14(13)11-5-6-15(18)16(7-11)19-4/h5-7,10,12-14,18H,8-9H2,1-4H3/t10-,12+,13-,14-/m0/s1. The highest BCUT2D eigenvalue weighted by atomic mass is 16.5. The van der Waals surface area contributed by atoms with E-state index < -0.39 is 0 Å². The second kappa shape index (κ2) is 4.16. The molecule has 4 atom stereocenters. The Bertz CT molecular complexity index is 488. The minimum atomic E-state index is 0.239. The molecule has 2 saturated carbocycles. The normalized spacial score (nSPS) is 35.6. The molecule has 0 aromatic heterocycles. The summed E-state index contributed by atoms with van der Waals surface area (Å²) in [5, 5.41) is 9.72. The Kier molecular flexibility index (Phi) is 2.81. The molecule has 2 heteroatoms. The summed E-state index contributed by atoms with van der Waals surface area (Å²) in [4.78, 5) is 0. The van der Waals surface area contributed by atoms with Crippen molar-refractivity contribution in [2.75, 3.05) is 7.11 Å². The average molecular weight is 260 g/mol. The van der Waals surface area contributed by atoms with Crippen molar-refractivity contribution in [3.8, 4) is 11.5 Å². The van der Waals surface area contributed by atoms with E-state index in [0.717, 1.165) is 17.8 Å². The van der Waals surface area contributed by atoms with Crippen LogP contribution in [0.15, 0.2) is 18.2 Å². The van der Waals surface area contributed by atoms with Crippen molar-refractivity contribution in [2.45, 2.75) is 39.5 Å². The number of hydrogen-bond acceptors (Lipinski definition) is 2. The maximum Gasteiger partial charge on any atom is 0.160 e. The number of hydrogen-bond donors (Lipinski definition) is 1. The molecule has 2 fully saturated rings. The minimum Gasteiger partial charge on any atom is -0.504 e. The predicted octanol–water partition coefficient (Wildman–Crippen LogP) is 4.19. The van der Waals surface area contributed by atoms with Gasteiger partial charge in [0.15, 0.2) is 11.5 Å². The van der Waals surface area contributed by atoms with Crippen molar-refractivity contribution in [1.82, 2.24) is 0 Å². The summed E-state index contributed by atoms with van der Waals surface area (Å²) in [6.07, 6.45) is 2.65. The van der Waals surface area contributed by atoms with Crippen LogP contribution >= 0.6 is 0 Å². The van der Waals surface area contributed by atoms with Gasteiger partial charge >= 0.3 is 0 Å². The quantitative estimate of drug-likeness (QED) is 0.864. The zero-order valence-electron chi connectivity index (χ0n) is 12.3. The number of phenols is 1. The van der Waals surface area contributed by atoms with Gasteiger partial charge in [0.2, 0.25) is 0 Å². The van der Waals surface area contributed by atoms with Gasteiger partial charge in [-0.05, 0) is 59.6 Å². The molecule has 0 heterocycles. The first-order valence-corrected chi connectivity index (χ1v) is 7.32. The number of ether oxygens (including phenoxy) is 1. The maximum atomic E-state index is 9.72. The van der Waals surface area contributed by atoms with E-state index in [9.17, 15) is 5.11 Å². The first-order valence-electron chi connectivity index (χ1n) is 7.32.